The van der Waals surface area contributed by atoms with Crippen LogP contribution in [0, 0.1) is 6.92 Å². The van der Waals surface area contributed by atoms with Gasteiger partial charge in [0.05, 0.1) is 5.69 Å². The molecule has 1 nitrogen and oxygen atoms in total. The van der Waals surface area contributed by atoms with E-state index in [1.165, 1.54) is 0 Å². The Morgan fingerprint density at radius 3 is 2.77 bits per heavy atom. The van der Waals surface area contributed by atoms with Crippen LogP contribution in [0.1, 0.15) is 23.7 Å². The van der Waals surface area contributed by atoms with Gasteiger partial charge in [0.1, 0.15) is 5.15 Å². The first-order valence-electron chi connectivity index (χ1n) is 4.11. The van der Waals surface area contributed by atoms with Crippen molar-refractivity contribution in [1.82, 2.24) is 4.98 Å². The molecule has 0 aliphatic rings. The second-order valence-corrected chi connectivity index (χ2v) is 3.13. The van der Waals surface area contributed by atoms with E-state index in [1.54, 1.807) is 6.08 Å². The maximum Gasteiger partial charge on any atom is 0.132 e. The average molecular weight is 194 g/mol. The lowest BCUT2D eigenvalue weighted by Crippen LogP contribution is -1.90. The molecule has 0 N–H and O–H groups in total. The molecular weight excluding hydrogens is 182 g/mol. The third-order valence-electron chi connectivity index (χ3n) is 1.76. The van der Waals surface area contributed by atoms with Crippen LogP contribution in [0.2, 0.25) is 5.15 Å². The highest BCUT2D eigenvalue weighted by Gasteiger charge is 2.02. The van der Waals surface area contributed by atoms with Crippen LogP contribution >= 0.6 is 11.6 Å². The minimum Gasteiger partial charge on any atom is -0.236 e. The first-order chi connectivity index (χ1) is 6.19. The number of hydrogen-bond donors (Lipinski definition) is 0. The summed E-state index contributed by atoms with van der Waals surface area (Å²) in [5, 5.41) is 0.554. The van der Waals surface area contributed by atoms with E-state index in [2.05, 4.69) is 11.6 Å². The topological polar surface area (TPSA) is 12.9 Å². The highest BCUT2D eigenvalue weighted by molar-refractivity contribution is 6.30. The number of pyridine rings is 1. The normalized spacial score (nSPS) is 10.7. The van der Waals surface area contributed by atoms with E-state index in [0.29, 0.717) is 5.15 Å². The molecule has 1 heterocycles. The van der Waals surface area contributed by atoms with Crippen LogP contribution in [0.4, 0.5) is 0 Å². The van der Waals surface area contributed by atoms with E-state index in [1.807, 2.05) is 32.1 Å². The molecule has 68 valence electrons. The Labute approximate surface area is 83.8 Å². The predicted molar refractivity (Wildman–Crippen MR) is 58.8 cm³/mol. The van der Waals surface area contributed by atoms with Crippen molar-refractivity contribution >= 4 is 23.8 Å². The van der Waals surface area contributed by atoms with E-state index in [-0.39, 0.29) is 0 Å². The molecule has 0 aliphatic carbocycles. The van der Waals surface area contributed by atoms with Crippen molar-refractivity contribution in [2.75, 3.05) is 0 Å². The largest absolute Gasteiger partial charge is 0.236 e. The third kappa shape index (κ3) is 2.19. The second kappa shape index (κ2) is 4.24. The summed E-state index contributed by atoms with van der Waals surface area (Å²) in [6.07, 6.45) is 5.63. The Morgan fingerprint density at radius 2 is 2.23 bits per heavy atom. The van der Waals surface area contributed by atoms with Gasteiger partial charge in [-0.1, -0.05) is 30.3 Å². The van der Waals surface area contributed by atoms with Crippen molar-refractivity contribution in [1.29, 1.82) is 0 Å². The summed E-state index contributed by atoms with van der Waals surface area (Å²) < 4.78 is 0. The average Bonchev–Trinajstić information content (AvgIpc) is 2.11. The zero-order chi connectivity index (χ0) is 9.84. The first-order valence-corrected chi connectivity index (χ1v) is 4.49. The quantitative estimate of drug-likeness (QED) is 0.653. The van der Waals surface area contributed by atoms with E-state index in [4.69, 9.17) is 11.6 Å². The van der Waals surface area contributed by atoms with Crippen LogP contribution in [0.15, 0.2) is 18.7 Å². The second-order valence-electron chi connectivity index (χ2n) is 2.77. The van der Waals surface area contributed by atoms with Crippen LogP contribution < -0.4 is 0 Å². The maximum absolute atomic E-state index is 5.90. The Hall–Kier alpha value is -1.08. The Kier molecular flexibility index (Phi) is 3.26. The lowest BCUT2D eigenvalue weighted by atomic mass is 10.1. The number of allylic oxidation sites excluding steroid dienone is 1. The number of hydrogen-bond acceptors (Lipinski definition) is 1. The molecular formula is C11H12ClN. The molecule has 0 amide bonds. The summed E-state index contributed by atoms with van der Waals surface area (Å²) >= 11 is 5.90. The number of aryl methyl sites for hydroxylation is 1. The van der Waals surface area contributed by atoms with Crippen LogP contribution in [0.25, 0.3) is 12.2 Å². The van der Waals surface area contributed by atoms with E-state index in [0.717, 1.165) is 16.8 Å². The summed E-state index contributed by atoms with van der Waals surface area (Å²) in [6, 6.07) is 1.98. The smallest absolute Gasteiger partial charge is 0.132 e. The molecule has 0 bridgehead atoms. The van der Waals surface area contributed by atoms with Crippen molar-refractivity contribution in [2.45, 2.75) is 13.8 Å². The van der Waals surface area contributed by atoms with Gasteiger partial charge in [-0.25, -0.2) is 4.98 Å². The molecule has 0 fully saturated rings. The zero-order valence-corrected chi connectivity index (χ0v) is 8.60. The standard InChI is InChI=1S/C11H12ClN/c1-4-6-10-9(5-2)7-8(3)11(12)13-10/h4-7H,2H2,1,3H3/b6-4-. The van der Waals surface area contributed by atoms with E-state index < -0.39 is 0 Å². The fourth-order valence-electron chi connectivity index (χ4n) is 1.08. The molecule has 0 aliphatic heterocycles. The monoisotopic (exact) mass is 193 g/mol. The van der Waals surface area contributed by atoms with E-state index >= 15 is 0 Å². The van der Waals surface area contributed by atoms with Gasteiger partial charge < -0.3 is 0 Å². The fourth-order valence-corrected chi connectivity index (χ4v) is 1.23. The summed E-state index contributed by atoms with van der Waals surface area (Å²) in [7, 11) is 0. The third-order valence-corrected chi connectivity index (χ3v) is 2.14. The molecule has 0 radical (unpaired) electrons. The first kappa shape index (κ1) is 10.0. The van der Waals surface area contributed by atoms with Crippen molar-refractivity contribution in [3.63, 3.8) is 0 Å². The molecule has 2 heteroatoms. The Morgan fingerprint density at radius 1 is 1.54 bits per heavy atom. The molecule has 13 heavy (non-hydrogen) atoms. The van der Waals surface area contributed by atoms with E-state index in [9.17, 15) is 0 Å². The van der Waals surface area contributed by atoms with Gasteiger partial charge in [0.25, 0.3) is 0 Å². The van der Waals surface area contributed by atoms with Crippen LogP contribution in [-0.4, -0.2) is 4.98 Å². The van der Waals surface area contributed by atoms with Crippen molar-refractivity contribution < 1.29 is 0 Å². The molecule has 0 aromatic carbocycles. The molecule has 0 unspecified atom stereocenters. The van der Waals surface area contributed by atoms with Crippen molar-refractivity contribution in [3.8, 4) is 0 Å². The molecule has 1 rings (SSSR count). The van der Waals surface area contributed by atoms with Gasteiger partial charge in [0.2, 0.25) is 0 Å². The van der Waals surface area contributed by atoms with Crippen LogP contribution in [0.5, 0.6) is 0 Å². The number of aromatic nitrogens is 1. The van der Waals surface area contributed by atoms with Gasteiger partial charge in [-0.2, -0.15) is 0 Å². The molecule has 0 saturated heterocycles. The van der Waals surface area contributed by atoms with Crippen molar-refractivity contribution in [3.05, 3.63) is 40.7 Å². The Bertz CT molecular complexity index is 353. The van der Waals surface area contributed by atoms with Crippen LogP contribution in [-0.2, 0) is 0 Å². The number of halogens is 1. The molecule has 1 aromatic heterocycles. The number of rotatable bonds is 2. The van der Waals surface area contributed by atoms with Gasteiger partial charge >= 0.3 is 0 Å². The molecule has 0 saturated carbocycles. The summed E-state index contributed by atoms with van der Waals surface area (Å²) in [5.41, 5.74) is 2.86. The predicted octanol–water partition coefficient (Wildman–Crippen LogP) is 3.72. The lowest BCUT2D eigenvalue weighted by Gasteiger charge is -2.03. The number of nitrogens with zero attached hydrogens (tertiary/aromatic N) is 1. The molecule has 1 aromatic rings. The summed E-state index contributed by atoms with van der Waals surface area (Å²) in [4.78, 5) is 4.24. The van der Waals surface area contributed by atoms with Gasteiger partial charge in [-0.3, -0.25) is 0 Å². The maximum atomic E-state index is 5.90. The highest BCUT2D eigenvalue weighted by Crippen LogP contribution is 2.18. The van der Waals surface area contributed by atoms with Gasteiger partial charge in [-0.15, -0.1) is 0 Å². The Balaban J connectivity index is 3.32. The molecule has 0 atom stereocenters. The molecule has 0 spiro atoms. The van der Waals surface area contributed by atoms with Gasteiger partial charge in [0.15, 0.2) is 0 Å². The minimum absolute atomic E-state index is 0.554. The highest BCUT2D eigenvalue weighted by atomic mass is 35.5. The minimum atomic E-state index is 0.554. The van der Waals surface area contributed by atoms with Gasteiger partial charge in [-0.05, 0) is 37.1 Å². The van der Waals surface area contributed by atoms with Crippen molar-refractivity contribution in [2.24, 2.45) is 0 Å². The lowest BCUT2D eigenvalue weighted by molar-refractivity contribution is 1.23. The van der Waals surface area contributed by atoms with Crippen LogP contribution in [0.3, 0.4) is 0 Å². The SMILES string of the molecule is C=Cc1cc(C)c(Cl)nc1/C=C\C. The zero-order valence-electron chi connectivity index (χ0n) is 7.84. The summed E-state index contributed by atoms with van der Waals surface area (Å²) in [6.45, 7) is 7.61. The fraction of sp³-hybridized carbons (Fsp3) is 0.182. The van der Waals surface area contributed by atoms with Gasteiger partial charge in [0, 0.05) is 0 Å². The summed E-state index contributed by atoms with van der Waals surface area (Å²) in [5.74, 6) is 0.